The number of hydrogen-bond acceptors (Lipinski definition) is 6. The first-order valence-electron chi connectivity index (χ1n) is 9.71. The van der Waals surface area contributed by atoms with Crippen LogP contribution >= 0.6 is 23.2 Å². The van der Waals surface area contributed by atoms with Crippen molar-refractivity contribution in [2.45, 2.75) is 38.0 Å². The number of nitrogens with zero attached hydrogens (tertiary/aromatic N) is 7. The summed E-state index contributed by atoms with van der Waals surface area (Å²) in [4.78, 5) is 23.3. The molecule has 0 aliphatic heterocycles. The van der Waals surface area contributed by atoms with Crippen molar-refractivity contribution in [3.8, 4) is 5.82 Å². The summed E-state index contributed by atoms with van der Waals surface area (Å²) in [7, 11) is 0. The first kappa shape index (κ1) is 19.9. The van der Waals surface area contributed by atoms with E-state index < -0.39 is 0 Å². The van der Waals surface area contributed by atoms with Crippen LogP contribution in [-0.4, -0.2) is 40.5 Å². The fourth-order valence-electron chi connectivity index (χ4n) is 4.10. The number of fused-ring (bicyclic) bond motifs is 3. The molecule has 1 N–H and O–H groups in total. The number of rotatable bonds is 3. The van der Waals surface area contributed by atoms with Crippen molar-refractivity contribution in [2.24, 2.45) is 0 Å². The minimum absolute atomic E-state index is 0.154. The molecule has 4 aromatic heterocycles. The van der Waals surface area contributed by atoms with Crippen LogP contribution in [0.15, 0.2) is 36.9 Å². The molecule has 1 atom stereocenters. The third-order valence-electron chi connectivity index (χ3n) is 5.57. The number of carbonyl (C=O) groups is 1. The fraction of sp³-hybridized carbons (Fsp3) is 0.300. The van der Waals surface area contributed by atoms with E-state index in [9.17, 15) is 4.79 Å². The number of aromatic nitrogens is 7. The molecule has 0 radical (unpaired) electrons. The molecule has 0 aromatic carbocycles. The average Bonchev–Trinajstić information content (AvgIpc) is 3.36. The maximum absolute atomic E-state index is 13.2. The van der Waals surface area contributed by atoms with Crippen molar-refractivity contribution >= 4 is 40.4 Å². The SMILES string of the molecule is CC1(C)CC[C@@H](C(=O)Nc2cnc(-n3nccn3)c(Cl)c2)c2cnc3cc(Cl)nn3c21. The molecule has 0 saturated carbocycles. The number of pyridine rings is 1. The second-order valence-electron chi connectivity index (χ2n) is 8.11. The van der Waals surface area contributed by atoms with Crippen LogP contribution in [0, 0.1) is 0 Å². The van der Waals surface area contributed by atoms with Crippen molar-refractivity contribution in [1.82, 2.24) is 34.6 Å². The Morgan fingerprint density at radius 1 is 1.16 bits per heavy atom. The van der Waals surface area contributed by atoms with E-state index in [-0.39, 0.29) is 17.2 Å². The largest absolute Gasteiger partial charge is 0.324 e. The minimum Gasteiger partial charge on any atom is -0.324 e. The zero-order valence-corrected chi connectivity index (χ0v) is 18.3. The lowest BCUT2D eigenvalue weighted by Gasteiger charge is -2.36. The van der Waals surface area contributed by atoms with Crippen LogP contribution in [0.3, 0.4) is 0 Å². The van der Waals surface area contributed by atoms with Gasteiger partial charge < -0.3 is 5.32 Å². The Morgan fingerprint density at radius 2 is 1.94 bits per heavy atom. The molecule has 0 spiro atoms. The Kier molecular flexibility index (Phi) is 4.67. The van der Waals surface area contributed by atoms with Gasteiger partial charge in [0, 0.05) is 23.2 Å². The molecule has 11 heteroatoms. The lowest BCUT2D eigenvalue weighted by Crippen LogP contribution is -2.34. The molecule has 4 aromatic rings. The molecule has 9 nitrogen and oxygen atoms in total. The number of amides is 1. The van der Waals surface area contributed by atoms with Gasteiger partial charge in [-0.3, -0.25) is 4.79 Å². The summed E-state index contributed by atoms with van der Waals surface area (Å²) in [6.07, 6.45) is 7.86. The monoisotopic (exact) mass is 456 g/mol. The van der Waals surface area contributed by atoms with Gasteiger partial charge in [-0.05, 0) is 18.9 Å². The molecule has 0 unspecified atom stereocenters. The van der Waals surface area contributed by atoms with Crippen LogP contribution in [0.1, 0.15) is 43.9 Å². The molecule has 1 aliphatic carbocycles. The molecule has 0 bridgehead atoms. The molecule has 31 heavy (non-hydrogen) atoms. The van der Waals surface area contributed by atoms with E-state index in [1.54, 1.807) is 22.8 Å². The molecule has 1 aliphatic rings. The van der Waals surface area contributed by atoms with E-state index in [0.717, 1.165) is 17.7 Å². The number of carbonyl (C=O) groups excluding carboxylic acids is 1. The minimum atomic E-state index is -0.380. The lowest BCUT2D eigenvalue weighted by atomic mass is 9.71. The van der Waals surface area contributed by atoms with Gasteiger partial charge in [0.25, 0.3) is 0 Å². The molecular formula is C20H18Cl2N8O. The third-order valence-corrected chi connectivity index (χ3v) is 6.03. The maximum Gasteiger partial charge on any atom is 0.232 e. The fourth-order valence-corrected chi connectivity index (χ4v) is 4.52. The predicted molar refractivity (Wildman–Crippen MR) is 116 cm³/mol. The average molecular weight is 457 g/mol. The molecule has 0 saturated heterocycles. The van der Waals surface area contributed by atoms with E-state index in [0.29, 0.717) is 33.7 Å². The van der Waals surface area contributed by atoms with Crippen LogP contribution in [0.25, 0.3) is 11.5 Å². The first-order chi connectivity index (χ1) is 14.8. The quantitative estimate of drug-likeness (QED) is 0.502. The van der Waals surface area contributed by atoms with E-state index in [2.05, 4.69) is 44.4 Å². The summed E-state index contributed by atoms with van der Waals surface area (Å²) in [5.41, 5.74) is 2.78. The maximum atomic E-state index is 13.2. The van der Waals surface area contributed by atoms with E-state index in [1.807, 2.05) is 0 Å². The highest BCUT2D eigenvalue weighted by Crippen LogP contribution is 2.43. The van der Waals surface area contributed by atoms with Gasteiger partial charge >= 0.3 is 0 Å². The molecule has 1 amide bonds. The van der Waals surface area contributed by atoms with Gasteiger partial charge in [-0.15, -0.1) is 4.80 Å². The summed E-state index contributed by atoms with van der Waals surface area (Å²) in [6.45, 7) is 4.28. The zero-order valence-electron chi connectivity index (χ0n) is 16.8. The molecule has 0 fully saturated rings. The van der Waals surface area contributed by atoms with E-state index in [1.165, 1.54) is 23.4 Å². The van der Waals surface area contributed by atoms with Crippen molar-refractivity contribution in [3.63, 3.8) is 0 Å². The van der Waals surface area contributed by atoms with Crippen LogP contribution in [0.2, 0.25) is 10.2 Å². The summed E-state index contributed by atoms with van der Waals surface area (Å²) in [5.74, 6) is -0.148. The van der Waals surface area contributed by atoms with Crippen LogP contribution in [-0.2, 0) is 10.2 Å². The Hall–Kier alpha value is -3.04. The van der Waals surface area contributed by atoms with Crippen LogP contribution < -0.4 is 5.32 Å². The van der Waals surface area contributed by atoms with Crippen molar-refractivity contribution < 1.29 is 4.79 Å². The first-order valence-corrected chi connectivity index (χ1v) is 10.5. The Balaban J connectivity index is 1.47. The topological polar surface area (TPSA) is 103 Å². The van der Waals surface area contributed by atoms with Crippen molar-refractivity contribution in [3.05, 3.63) is 58.4 Å². The number of halogens is 2. The van der Waals surface area contributed by atoms with Crippen molar-refractivity contribution in [1.29, 1.82) is 0 Å². The summed E-state index contributed by atoms with van der Waals surface area (Å²) in [6, 6.07) is 3.35. The number of nitrogens with one attached hydrogen (secondary N) is 1. The molecular weight excluding hydrogens is 439 g/mol. The second-order valence-corrected chi connectivity index (χ2v) is 8.91. The van der Waals surface area contributed by atoms with Gasteiger partial charge in [-0.2, -0.15) is 15.3 Å². The molecule has 158 valence electrons. The number of anilines is 1. The van der Waals surface area contributed by atoms with Crippen LogP contribution in [0.4, 0.5) is 5.69 Å². The summed E-state index contributed by atoms with van der Waals surface area (Å²) < 4.78 is 1.75. The van der Waals surface area contributed by atoms with E-state index >= 15 is 0 Å². The Morgan fingerprint density at radius 3 is 2.68 bits per heavy atom. The predicted octanol–water partition coefficient (Wildman–Crippen LogP) is 3.81. The highest BCUT2D eigenvalue weighted by atomic mass is 35.5. The van der Waals surface area contributed by atoms with E-state index in [4.69, 9.17) is 23.2 Å². The smallest absolute Gasteiger partial charge is 0.232 e. The van der Waals surface area contributed by atoms with Gasteiger partial charge in [0.2, 0.25) is 5.91 Å². The third kappa shape index (κ3) is 3.43. The van der Waals surface area contributed by atoms with Gasteiger partial charge in [0.15, 0.2) is 16.6 Å². The summed E-state index contributed by atoms with van der Waals surface area (Å²) >= 11 is 12.4. The normalized spacial score (nSPS) is 17.5. The Labute approximate surface area is 187 Å². The van der Waals surface area contributed by atoms with Gasteiger partial charge in [-0.1, -0.05) is 37.0 Å². The summed E-state index contributed by atoms with van der Waals surface area (Å²) in [5, 5.41) is 16.1. The highest BCUT2D eigenvalue weighted by Gasteiger charge is 2.38. The van der Waals surface area contributed by atoms with Gasteiger partial charge in [0.05, 0.1) is 40.9 Å². The highest BCUT2D eigenvalue weighted by molar-refractivity contribution is 6.32. The Bertz CT molecular complexity index is 1300. The lowest BCUT2D eigenvalue weighted by molar-refractivity contribution is -0.118. The van der Waals surface area contributed by atoms with Gasteiger partial charge in [-0.25, -0.2) is 14.5 Å². The van der Waals surface area contributed by atoms with Gasteiger partial charge in [0.1, 0.15) is 0 Å². The standard InChI is InChI=1S/C20H18Cl2N8O/c1-20(2)4-3-12(13-10-23-16-8-15(22)28-29(16)17(13)20)19(31)27-11-7-14(21)18(24-9-11)30-25-5-6-26-30/h5-10,12H,3-4H2,1-2H3,(H,27,31)/t12-/m1/s1. The second kappa shape index (κ2) is 7.28. The molecule has 5 rings (SSSR count). The van der Waals surface area contributed by atoms with Crippen molar-refractivity contribution in [2.75, 3.05) is 5.32 Å². The molecule has 4 heterocycles. The zero-order chi connectivity index (χ0) is 21.8. The number of hydrogen-bond donors (Lipinski definition) is 1. The van der Waals surface area contributed by atoms with Crippen LogP contribution in [0.5, 0.6) is 0 Å².